The molecule has 1 unspecified atom stereocenters. The van der Waals surface area contributed by atoms with E-state index in [-0.39, 0.29) is 40.9 Å². The van der Waals surface area contributed by atoms with E-state index in [0.717, 1.165) is 95.6 Å². The fraction of sp³-hybridized carbons (Fsp3) is 0.571. The Balaban J connectivity index is 2.03. The number of halogens is 1. The number of rotatable bonds is 22. The van der Waals surface area contributed by atoms with Crippen molar-refractivity contribution in [1.82, 2.24) is 4.31 Å². The van der Waals surface area contributed by atoms with E-state index in [2.05, 4.69) is 13.8 Å². The lowest BCUT2D eigenvalue weighted by atomic mass is 10.0. The van der Waals surface area contributed by atoms with Crippen molar-refractivity contribution in [1.29, 1.82) is 0 Å². The van der Waals surface area contributed by atoms with Crippen molar-refractivity contribution in [3.63, 3.8) is 0 Å². The largest absolute Gasteiger partial charge is 0.496 e. The van der Waals surface area contributed by atoms with Crippen LogP contribution in [-0.4, -0.2) is 70.0 Å². The number of nitrogens with zero attached hydrogens (tertiary/aromatic N) is 3. The van der Waals surface area contributed by atoms with Crippen molar-refractivity contribution in [2.45, 2.75) is 102 Å². The number of hydrogen-bond acceptors (Lipinski definition) is 11. The van der Waals surface area contributed by atoms with Gasteiger partial charge in [0.2, 0.25) is 16.1 Å². The van der Waals surface area contributed by atoms with Gasteiger partial charge < -0.3 is 18.9 Å². The lowest BCUT2D eigenvalue weighted by molar-refractivity contribution is -0.385. The van der Waals surface area contributed by atoms with Gasteiger partial charge in [-0.15, -0.1) is 0 Å². The second-order valence-corrected chi connectivity index (χ2v) is 14.5. The Morgan fingerprint density at radius 3 is 1.86 bits per heavy atom. The molecule has 0 aromatic heterocycles. The Hall–Kier alpha value is -3.95. The minimum atomic E-state index is -4.31. The third kappa shape index (κ3) is 10.1. The smallest absolute Gasteiger partial charge is 0.422 e. The van der Waals surface area contributed by atoms with E-state index in [1.807, 2.05) is 0 Å². The first-order chi connectivity index (χ1) is 24.4. The summed E-state index contributed by atoms with van der Waals surface area (Å²) in [5.41, 5.74) is -1.25. The van der Waals surface area contributed by atoms with Crippen LogP contribution in [0.1, 0.15) is 113 Å². The zero-order valence-electron chi connectivity index (χ0n) is 29.9. The minimum Gasteiger partial charge on any atom is -0.496 e. The van der Waals surface area contributed by atoms with Crippen LogP contribution >= 0.6 is 11.6 Å². The van der Waals surface area contributed by atoms with E-state index in [9.17, 15) is 32.9 Å². The molecule has 3 rings (SSSR count). The van der Waals surface area contributed by atoms with E-state index in [0.29, 0.717) is 17.7 Å². The van der Waals surface area contributed by atoms with Crippen LogP contribution in [0.25, 0.3) is 0 Å². The zero-order chi connectivity index (χ0) is 37.7. The van der Waals surface area contributed by atoms with Crippen LogP contribution in [0, 0.1) is 10.1 Å². The van der Waals surface area contributed by atoms with Gasteiger partial charge in [0, 0.05) is 13.1 Å². The maximum atomic E-state index is 14.3. The summed E-state index contributed by atoms with van der Waals surface area (Å²) in [7, 11) is -0.814. The number of non-ortho nitro benzene ring substituents is 1. The quantitative estimate of drug-likeness (QED) is 0.0494. The summed E-state index contributed by atoms with van der Waals surface area (Å²) in [4.78, 5) is 51.1. The van der Waals surface area contributed by atoms with Gasteiger partial charge in [0.05, 0.1) is 65.1 Å². The Kier molecular flexibility index (Phi) is 15.9. The number of nitro benzene ring substituents is 1. The molecule has 0 radical (unpaired) electrons. The zero-order valence-corrected chi connectivity index (χ0v) is 31.5. The molecule has 0 spiro atoms. The Bertz CT molecular complexity index is 1630. The summed E-state index contributed by atoms with van der Waals surface area (Å²) in [6.07, 6.45) is 8.53. The fourth-order valence-corrected chi connectivity index (χ4v) is 7.94. The highest BCUT2D eigenvalue weighted by atomic mass is 35.5. The number of carbonyl (C=O) groups excluding carboxylic acids is 3. The molecule has 14 nitrogen and oxygen atoms in total. The van der Waals surface area contributed by atoms with Crippen molar-refractivity contribution in [2.75, 3.05) is 39.3 Å². The predicted octanol–water partition coefficient (Wildman–Crippen LogP) is 7.99. The maximum absolute atomic E-state index is 14.3. The van der Waals surface area contributed by atoms with Crippen LogP contribution < -0.4 is 14.4 Å². The third-order valence-corrected chi connectivity index (χ3v) is 10.9. The van der Waals surface area contributed by atoms with Crippen molar-refractivity contribution in [3.8, 4) is 11.5 Å². The van der Waals surface area contributed by atoms with Crippen LogP contribution in [0.5, 0.6) is 11.5 Å². The lowest BCUT2D eigenvalue weighted by Gasteiger charge is -2.24. The molecule has 1 aliphatic rings. The molecule has 0 saturated carbocycles. The molecule has 2 aromatic carbocycles. The summed E-state index contributed by atoms with van der Waals surface area (Å²) in [5, 5.41) is 11.1. The molecule has 282 valence electrons. The normalized spacial score (nSPS) is 14.6. The number of esters is 1. The number of methoxy groups -OCH3 is 3. The van der Waals surface area contributed by atoms with Crippen molar-refractivity contribution in [2.24, 2.45) is 0 Å². The van der Waals surface area contributed by atoms with Crippen molar-refractivity contribution in [3.05, 3.63) is 50.5 Å². The number of imide groups is 1. The van der Waals surface area contributed by atoms with E-state index in [4.69, 9.17) is 30.5 Å². The van der Waals surface area contributed by atoms with Gasteiger partial charge in [0.25, 0.3) is 11.6 Å². The van der Waals surface area contributed by atoms with Crippen LogP contribution in [0.4, 0.5) is 16.2 Å². The first-order valence-electron chi connectivity index (χ1n) is 17.2. The Labute approximate surface area is 304 Å². The summed E-state index contributed by atoms with van der Waals surface area (Å²) in [6, 6.07) is 4.15. The second-order valence-electron chi connectivity index (χ2n) is 12.2. The van der Waals surface area contributed by atoms with Gasteiger partial charge in [-0.1, -0.05) is 89.7 Å². The van der Waals surface area contributed by atoms with E-state index < -0.39 is 55.2 Å². The molecule has 2 aromatic rings. The highest BCUT2D eigenvalue weighted by molar-refractivity contribution is 7.89. The molecule has 1 fully saturated rings. The van der Waals surface area contributed by atoms with Gasteiger partial charge >= 0.3 is 12.1 Å². The average Bonchev–Trinajstić information content (AvgIpc) is 3.40. The first kappa shape index (κ1) is 41.5. The SMILES string of the molecule is CCCCCCCCN(CCCCCCCC)S(=O)(=O)c1cc(Cl)c(N2C(=O)OC(c3c(OC)cc([N+](=O)[O-])cc3OC)C2=O)cc1C(=O)OC. The monoisotopic (exact) mass is 753 g/mol. The molecule has 1 aliphatic heterocycles. The molecule has 1 atom stereocenters. The molecule has 0 aliphatic carbocycles. The van der Waals surface area contributed by atoms with Crippen LogP contribution in [-0.2, 0) is 24.3 Å². The number of carbonyl (C=O) groups is 3. The predicted molar refractivity (Wildman–Crippen MR) is 191 cm³/mol. The van der Waals surface area contributed by atoms with E-state index in [1.54, 1.807) is 0 Å². The van der Waals surface area contributed by atoms with Gasteiger partial charge in [-0.25, -0.2) is 22.9 Å². The number of anilines is 1. The van der Waals surface area contributed by atoms with Crippen LogP contribution in [0.3, 0.4) is 0 Å². The average molecular weight is 754 g/mol. The summed E-state index contributed by atoms with van der Waals surface area (Å²) in [5.74, 6) is -2.34. The highest BCUT2D eigenvalue weighted by Gasteiger charge is 2.47. The topological polar surface area (TPSA) is 172 Å². The number of cyclic esters (lactones) is 1. The minimum absolute atomic E-state index is 0.102. The molecule has 1 saturated heterocycles. The number of ether oxygens (including phenoxy) is 4. The Morgan fingerprint density at radius 1 is 0.882 bits per heavy atom. The summed E-state index contributed by atoms with van der Waals surface area (Å²) in [6.45, 7) is 4.72. The maximum Gasteiger partial charge on any atom is 0.422 e. The molecule has 16 heteroatoms. The molecule has 1 heterocycles. The number of hydrogen-bond donors (Lipinski definition) is 0. The fourth-order valence-electron chi connectivity index (χ4n) is 5.93. The van der Waals surface area contributed by atoms with Gasteiger partial charge in [-0.3, -0.25) is 14.9 Å². The summed E-state index contributed by atoms with van der Waals surface area (Å²) >= 11 is 6.63. The van der Waals surface area contributed by atoms with Crippen molar-refractivity contribution < 1.29 is 46.7 Å². The van der Waals surface area contributed by atoms with Crippen molar-refractivity contribution >= 4 is 51.0 Å². The van der Waals surface area contributed by atoms with E-state index in [1.165, 1.54) is 18.5 Å². The molecular formula is C35H48ClN3O11S. The van der Waals surface area contributed by atoms with Gasteiger partial charge in [-0.05, 0) is 25.0 Å². The third-order valence-electron chi connectivity index (χ3n) is 8.68. The number of unbranched alkanes of at least 4 members (excludes halogenated alkanes) is 10. The number of benzene rings is 2. The molecule has 2 amide bonds. The molecule has 0 N–H and O–H groups in total. The number of nitro groups is 1. The molecule has 0 bridgehead atoms. The van der Waals surface area contributed by atoms with Crippen LogP contribution in [0.2, 0.25) is 5.02 Å². The molecular weight excluding hydrogens is 706 g/mol. The van der Waals surface area contributed by atoms with Gasteiger partial charge in [0.1, 0.15) is 11.5 Å². The van der Waals surface area contributed by atoms with Gasteiger partial charge in [0.15, 0.2) is 0 Å². The number of sulfonamides is 1. The first-order valence-corrected chi connectivity index (χ1v) is 19.1. The lowest BCUT2D eigenvalue weighted by Crippen LogP contribution is -2.35. The van der Waals surface area contributed by atoms with E-state index >= 15 is 0 Å². The van der Waals surface area contributed by atoms with Gasteiger partial charge in [-0.2, -0.15) is 4.31 Å². The summed E-state index contributed by atoms with van der Waals surface area (Å²) < 4.78 is 50.8. The highest BCUT2D eigenvalue weighted by Crippen LogP contribution is 2.45. The second kappa shape index (κ2) is 19.6. The standard InChI is InChI=1S/C35H48ClN3O11S/c1-6-8-10-12-14-16-18-37(19-17-15-13-11-9-7-2)51(45,46)30-23-26(36)27(22-25(30)34(41)49-5)38-33(40)32(50-35(38)42)31-28(47-3)20-24(39(43)44)21-29(31)48-4/h20-23,32H,6-19H2,1-5H3. The Morgan fingerprint density at radius 2 is 1.39 bits per heavy atom. The van der Waals surface area contributed by atoms with Crippen LogP contribution in [0.15, 0.2) is 29.2 Å². The number of amides is 2. The molecule has 51 heavy (non-hydrogen) atoms.